The number of hydrogen-bond donors (Lipinski definition) is 3. The maximum Gasteiger partial charge on any atom is 0.322 e. The fraction of sp³-hybridized carbons (Fsp3) is 0.300. The molecule has 30 heavy (non-hydrogen) atoms. The van der Waals surface area contributed by atoms with E-state index in [1.165, 1.54) is 0 Å². The van der Waals surface area contributed by atoms with E-state index in [0.717, 1.165) is 37.6 Å². The number of imidazole rings is 1. The van der Waals surface area contributed by atoms with Crippen LogP contribution in [0.5, 0.6) is 0 Å². The number of nitrogens with zero attached hydrogens (tertiary/aromatic N) is 3. The van der Waals surface area contributed by atoms with Crippen molar-refractivity contribution in [3.05, 3.63) is 41.2 Å². The monoisotopic (exact) mass is 429 g/mol. The van der Waals surface area contributed by atoms with Gasteiger partial charge in [0, 0.05) is 24.3 Å². The van der Waals surface area contributed by atoms with Gasteiger partial charge in [-0.2, -0.15) is 0 Å². The Balaban J connectivity index is 1.53. The van der Waals surface area contributed by atoms with Crippen molar-refractivity contribution < 1.29 is 19.4 Å². The fourth-order valence-corrected chi connectivity index (χ4v) is 3.55. The highest BCUT2D eigenvalue weighted by Crippen LogP contribution is 2.30. The molecule has 156 valence electrons. The van der Waals surface area contributed by atoms with E-state index in [4.69, 9.17) is 21.4 Å². The first kappa shape index (κ1) is 20.1. The van der Waals surface area contributed by atoms with Crippen LogP contribution in [0, 0.1) is 0 Å². The highest BCUT2D eigenvalue weighted by atomic mass is 35.5. The third kappa shape index (κ3) is 4.52. The minimum absolute atomic E-state index is 0.0785. The number of nitrogens with one attached hydrogen (secondary N) is 2. The van der Waals surface area contributed by atoms with Crippen LogP contribution in [-0.4, -0.2) is 64.8 Å². The standard InChI is InChI=1S/C20H20ClN5O4/c21-14-9-15-20(24-16(23-15)10-17(27)22-11-18(28)29)25-19(14)12-1-3-13(4-2-12)26-5-7-30-8-6-26/h1-4,9H,5-8,10-11H2,(H,22,27)(H,28,29)(H,23,24,25). The molecule has 0 saturated carbocycles. The Hall–Kier alpha value is -3.17. The topological polar surface area (TPSA) is 120 Å². The lowest BCUT2D eigenvalue weighted by atomic mass is 10.1. The van der Waals surface area contributed by atoms with Crippen LogP contribution in [0.3, 0.4) is 0 Å². The molecule has 1 fully saturated rings. The number of rotatable bonds is 6. The maximum absolute atomic E-state index is 11.8. The first-order valence-corrected chi connectivity index (χ1v) is 9.84. The quantitative estimate of drug-likeness (QED) is 0.546. The SMILES string of the molecule is O=C(O)CNC(=O)Cc1nc2nc(-c3ccc(N4CCOCC4)cc3)c(Cl)cc2[nH]1. The van der Waals surface area contributed by atoms with Gasteiger partial charge in [-0.1, -0.05) is 23.7 Å². The van der Waals surface area contributed by atoms with Crippen LogP contribution in [0.15, 0.2) is 30.3 Å². The predicted molar refractivity (Wildman–Crippen MR) is 112 cm³/mol. The number of carboxylic acid groups (broad SMARTS) is 1. The number of carboxylic acids is 1. The van der Waals surface area contributed by atoms with Gasteiger partial charge in [0.05, 0.1) is 35.9 Å². The smallest absolute Gasteiger partial charge is 0.322 e. The molecule has 0 radical (unpaired) electrons. The second kappa shape index (κ2) is 8.68. The maximum atomic E-state index is 11.8. The number of fused-ring (bicyclic) bond motifs is 1. The molecule has 2 aromatic heterocycles. The number of carbonyl (C=O) groups excluding carboxylic acids is 1. The van der Waals surface area contributed by atoms with Crippen molar-refractivity contribution in [3.8, 4) is 11.3 Å². The number of hydrogen-bond acceptors (Lipinski definition) is 6. The van der Waals surface area contributed by atoms with E-state index in [-0.39, 0.29) is 6.42 Å². The zero-order valence-electron chi connectivity index (χ0n) is 16.0. The van der Waals surface area contributed by atoms with Gasteiger partial charge in [0.25, 0.3) is 0 Å². The van der Waals surface area contributed by atoms with Gasteiger partial charge in [0.15, 0.2) is 5.65 Å². The molecule has 1 aromatic carbocycles. The van der Waals surface area contributed by atoms with Crippen molar-refractivity contribution in [2.45, 2.75) is 6.42 Å². The average molecular weight is 430 g/mol. The third-order valence-electron chi connectivity index (χ3n) is 4.76. The minimum Gasteiger partial charge on any atom is -0.480 e. The van der Waals surface area contributed by atoms with Crippen LogP contribution in [0.4, 0.5) is 5.69 Å². The molecule has 0 unspecified atom stereocenters. The second-order valence-corrected chi connectivity index (χ2v) is 7.27. The number of anilines is 1. The molecule has 0 atom stereocenters. The summed E-state index contributed by atoms with van der Waals surface area (Å²) in [4.78, 5) is 36.5. The van der Waals surface area contributed by atoms with E-state index in [2.05, 4.69) is 25.2 Å². The number of aromatic nitrogens is 3. The van der Waals surface area contributed by atoms with Crippen LogP contribution in [-0.2, 0) is 20.7 Å². The van der Waals surface area contributed by atoms with Gasteiger partial charge in [-0.25, -0.2) is 9.97 Å². The molecule has 1 aliphatic rings. The van der Waals surface area contributed by atoms with Crippen molar-refractivity contribution in [2.24, 2.45) is 0 Å². The van der Waals surface area contributed by atoms with Crippen molar-refractivity contribution in [1.29, 1.82) is 0 Å². The van der Waals surface area contributed by atoms with Crippen LogP contribution in [0.2, 0.25) is 5.02 Å². The molecule has 0 bridgehead atoms. The third-order valence-corrected chi connectivity index (χ3v) is 5.05. The number of benzene rings is 1. The van der Waals surface area contributed by atoms with Crippen molar-refractivity contribution in [3.63, 3.8) is 0 Å². The molecule has 3 heterocycles. The molecule has 3 N–H and O–H groups in total. The summed E-state index contributed by atoms with van der Waals surface area (Å²) in [6, 6.07) is 9.73. The zero-order chi connectivity index (χ0) is 21.1. The Morgan fingerprint density at radius 2 is 1.93 bits per heavy atom. The largest absolute Gasteiger partial charge is 0.480 e. The van der Waals surface area contributed by atoms with Crippen LogP contribution in [0.25, 0.3) is 22.4 Å². The van der Waals surface area contributed by atoms with Gasteiger partial charge in [-0.15, -0.1) is 0 Å². The number of ether oxygens (including phenoxy) is 1. The second-order valence-electron chi connectivity index (χ2n) is 6.87. The summed E-state index contributed by atoms with van der Waals surface area (Å²) in [7, 11) is 0. The van der Waals surface area contributed by atoms with Gasteiger partial charge < -0.3 is 25.0 Å². The number of halogens is 1. The van der Waals surface area contributed by atoms with E-state index >= 15 is 0 Å². The molecule has 1 aliphatic heterocycles. The van der Waals surface area contributed by atoms with Crippen LogP contribution < -0.4 is 10.2 Å². The van der Waals surface area contributed by atoms with Gasteiger partial charge >= 0.3 is 5.97 Å². The molecule has 0 spiro atoms. The number of carbonyl (C=O) groups is 2. The average Bonchev–Trinajstić information content (AvgIpc) is 3.13. The van der Waals surface area contributed by atoms with E-state index < -0.39 is 18.4 Å². The molecular weight excluding hydrogens is 410 g/mol. The molecule has 0 aliphatic carbocycles. The van der Waals surface area contributed by atoms with E-state index in [0.29, 0.717) is 27.7 Å². The van der Waals surface area contributed by atoms with Crippen molar-refractivity contribution >= 4 is 40.3 Å². The highest BCUT2D eigenvalue weighted by Gasteiger charge is 2.15. The molecular formula is C20H20ClN5O4. The highest BCUT2D eigenvalue weighted by molar-refractivity contribution is 6.33. The Morgan fingerprint density at radius 3 is 2.63 bits per heavy atom. The van der Waals surface area contributed by atoms with Gasteiger partial charge in [0.1, 0.15) is 12.4 Å². The number of aromatic amines is 1. The molecule has 3 aromatic rings. The molecule has 9 nitrogen and oxygen atoms in total. The summed E-state index contributed by atoms with van der Waals surface area (Å²) in [5, 5.41) is 11.4. The Bertz CT molecular complexity index is 1080. The predicted octanol–water partition coefficient (Wildman–Crippen LogP) is 1.86. The number of aliphatic carboxylic acids is 1. The van der Waals surface area contributed by atoms with E-state index in [9.17, 15) is 9.59 Å². The Kier molecular flexibility index (Phi) is 5.82. The zero-order valence-corrected chi connectivity index (χ0v) is 16.8. The number of morpholine rings is 1. The fourth-order valence-electron chi connectivity index (χ4n) is 3.29. The van der Waals surface area contributed by atoms with Crippen molar-refractivity contribution in [2.75, 3.05) is 37.7 Å². The molecule has 4 rings (SSSR count). The van der Waals surface area contributed by atoms with Gasteiger partial charge in [-0.05, 0) is 18.2 Å². The Labute approximate surface area is 177 Å². The van der Waals surface area contributed by atoms with E-state index in [1.54, 1.807) is 6.07 Å². The molecule has 1 amide bonds. The summed E-state index contributed by atoms with van der Waals surface area (Å²) >= 11 is 6.44. The van der Waals surface area contributed by atoms with Crippen LogP contribution in [0.1, 0.15) is 5.82 Å². The van der Waals surface area contributed by atoms with Crippen LogP contribution >= 0.6 is 11.6 Å². The number of pyridine rings is 1. The summed E-state index contributed by atoms with van der Waals surface area (Å²) in [6.45, 7) is 2.73. The lowest BCUT2D eigenvalue weighted by Crippen LogP contribution is -2.36. The first-order chi connectivity index (χ1) is 14.5. The molecule has 1 saturated heterocycles. The summed E-state index contributed by atoms with van der Waals surface area (Å²) < 4.78 is 5.39. The number of amides is 1. The molecule has 10 heteroatoms. The Morgan fingerprint density at radius 1 is 1.20 bits per heavy atom. The summed E-state index contributed by atoms with van der Waals surface area (Å²) in [5.41, 5.74) is 3.63. The normalized spacial score (nSPS) is 14.1. The number of H-pyrrole nitrogens is 1. The van der Waals surface area contributed by atoms with E-state index in [1.807, 2.05) is 24.3 Å². The lowest BCUT2D eigenvalue weighted by molar-refractivity contribution is -0.137. The lowest BCUT2D eigenvalue weighted by Gasteiger charge is -2.28. The summed E-state index contributed by atoms with van der Waals surface area (Å²) in [5.74, 6) is -1.16. The first-order valence-electron chi connectivity index (χ1n) is 9.46. The van der Waals surface area contributed by atoms with Gasteiger partial charge in [0.2, 0.25) is 5.91 Å². The van der Waals surface area contributed by atoms with Crippen molar-refractivity contribution in [1.82, 2.24) is 20.3 Å². The minimum atomic E-state index is -1.11. The summed E-state index contributed by atoms with van der Waals surface area (Å²) in [6.07, 6.45) is -0.0785. The van der Waals surface area contributed by atoms with Gasteiger partial charge in [-0.3, -0.25) is 9.59 Å².